The van der Waals surface area contributed by atoms with Gasteiger partial charge in [0, 0.05) is 16.6 Å². The Kier molecular flexibility index (Phi) is 4.13. The minimum absolute atomic E-state index is 0.235. The van der Waals surface area contributed by atoms with Crippen molar-refractivity contribution in [2.75, 3.05) is 0 Å². The first-order valence-electron chi connectivity index (χ1n) is 8.49. The Hall–Kier alpha value is -3.21. The van der Waals surface area contributed by atoms with Crippen molar-refractivity contribution >= 4 is 10.9 Å². The Morgan fingerprint density at radius 1 is 0.962 bits per heavy atom. The van der Waals surface area contributed by atoms with E-state index in [0.29, 0.717) is 11.7 Å². The molecular weight excluding hydrogens is 326 g/mol. The largest absolute Gasteiger partial charge is 0.483 e. The molecule has 0 bridgehead atoms. The summed E-state index contributed by atoms with van der Waals surface area (Å²) >= 11 is 0. The molecule has 0 fully saturated rings. The Morgan fingerprint density at radius 3 is 2.65 bits per heavy atom. The van der Waals surface area contributed by atoms with E-state index < -0.39 is 0 Å². The maximum absolute atomic E-state index is 5.83. The highest BCUT2D eigenvalue weighted by Crippen LogP contribution is 2.27. The number of hydrogen-bond donors (Lipinski definition) is 0. The molecule has 0 N–H and O–H groups in total. The van der Waals surface area contributed by atoms with Crippen LogP contribution in [-0.2, 0) is 6.61 Å². The number of aromatic nitrogens is 3. The maximum atomic E-state index is 5.83. The molecule has 0 saturated heterocycles. The van der Waals surface area contributed by atoms with Gasteiger partial charge >= 0.3 is 0 Å². The first kappa shape index (κ1) is 16.3. The third kappa shape index (κ3) is 3.16. The van der Waals surface area contributed by atoms with E-state index in [0.717, 1.165) is 33.5 Å². The number of para-hydroxylation sites is 1. The second-order valence-corrected chi connectivity index (χ2v) is 6.40. The summed E-state index contributed by atoms with van der Waals surface area (Å²) in [6.45, 7) is 6.27. The lowest BCUT2D eigenvalue weighted by atomic mass is 10.1. The van der Waals surface area contributed by atoms with Gasteiger partial charge in [-0.3, -0.25) is 4.98 Å². The number of aryl methyl sites for hydroxylation is 3. The monoisotopic (exact) mass is 345 g/mol. The van der Waals surface area contributed by atoms with Gasteiger partial charge in [-0.2, -0.15) is 4.98 Å². The minimum Gasteiger partial charge on any atom is -0.483 e. The van der Waals surface area contributed by atoms with E-state index in [2.05, 4.69) is 28.1 Å². The number of rotatable bonds is 4. The highest BCUT2D eigenvalue weighted by Gasteiger charge is 2.14. The van der Waals surface area contributed by atoms with Gasteiger partial charge in [0.25, 0.3) is 5.89 Å². The molecule has 5 heteroatoms. The van der Waals surface area contributed by atoms with E-state index in [1.54, 1.807) is 0 Å². The van der Waals surface area contributed by atoms with E-state index in [4.69, 9.17) is 9.26 Å². The smallest absolute Gasteiger partial charge is 0.264 e. The van der Waals surface area contributed by atoms with Crippen molar-refractivity contribution < 1.29 is 9.26 Å². The zero-order valence-electron chi connectivity index (χ0n) is 15.0. The molecule has 130 valence electrons. The summed E-state index contributed by atoms with van der Waals surface area (Å²) in [4.78, 5) is 9.05. The van der Waals surface area contributed by atoms with Crippen LogP contribution in [-0.4, -0.2) is 15.1 Å². The predicted octanol–water partition coefficient (Wildman–Crippen LogP) is 4.79. The minimum atomic E-state index is 0.235. The van der Waals surface area contributed by atoms with Crippen LogP contribution in [0.1, 0.15) is 22.7 Å². The van der Waals surface area contributed by atoms with Crippen molar-refractivity contribution in [3.8, 4) is 17.1 Å². The molecule has 0 aliphatic rings. The molecule has 4 aromatic rings. The summed E-state index contributed by atoms with van der Waals surface area (Å²) in [6, 6.07) is 16.0. The number of fused-ring (bicyclic) bond motifs is 1. The predicted molar refractivity (Wildman–Crippen MR) is 100 cm³/mol. The lowest BCUT2D eigenvalue weighted by Crippen LogP contribution is -1.97. The quantitative estimate of drug-likeness (QED) is 0.532. The summed E-state index contributed by atoms with van der Waals surface area (Å²) < 4.78 is 11.2. The van der Waals surface area contributed by atoms with Crippen LogP contribution in [0.4, 0.5) is 0 Å². The Morgan fingerprint density at radius 2 is 1.81 bits per heavy atom. The number of nitrogens with zero attached hydrogens (tertiary/aromatic N) is 3. The van der Waals surface area contributed by atoms with Gasteiger partial charge in [-0.1, -0.05) is 41.1 Å². The topological polar surface area (TPSA) is 61.0 Å². The van der Waals surface area contributed by atoms with Crippen molar-refractivity contribution in [2.24, 2.45) is 0 Å². The molecule has 0 saturated carbocycles. The van der Waals surface area contributed by atoms with Crippen LogP contribution in [0.15, 0.2) is 53.1 Å². The first-order valence-corrected chi connectivity index (χ1v) is 8.49. The Labute approximate surface area is 151 Å². The van der Waals surface area contributed by atoms with E-state index in [1.807, 2.05) is 56.3 Å². The van der Waals surface area contributed by atoms with E-state index in [-0.39, 0.29) is 6.61 Å². The van der Waals surface area contributed by atoms with Crippen LogP contribution in [0.25, 0.3) is 22.3 Å². The molecule has 4 rings (SSSR count). The molecule has 0 unspecified atom stereocenters. The molecule has 0 aliphatic carbocycles. The van der Waals surface area contributed by atoms with Crippen molar-refractivity contribution in [3.05, 3.63) is 71.2 Å². The van der Waals surface area contributed by atoms with E-state index in [1.165, 1.54) is 5.56 Å². The maximum Gasteiger partial charge on any atom is 0.264 e. The third-order valence-electron chi connectivity index (χ3n) is 4.23. The van der Waals surface area contributed by atoms with Crippen molar-refractivity contribution in [3.63, 3.8) is 0 Å². The highest BCUT2D eigenvalue weighted by molar-refractivity contribution is 5.92. The van der Waals surface area contributed by atoms with Crippen molar-refractivity contribution in [2.45, 2.75) is 27.4 Å². The first-order chi connectivity index (χ1) is 12.6. The van der Waals surface area contributed by atoms with Crippen LogP contribution in [0.2, 0.25) is 0 Å². The fourth-order valence-electron chi connectivity index (χ4n) is 3.02. The molecule has 0 atom stereocenters. The second kappa shape index (κ2) is 6.59. The third-order valence-corrected chi connectivity index (χ3v) is 4.23. The van der Waals surface area contributed by atoms with Gasteiger partial charge < -0.3 is 9.26 Å². The van der Waals surface area contributed by atoms with Gasteiger partial charge in [0.1, 0.15) is 5.75 Å². The van der Waals surface area contributed by atoms with Crippen LogP contribution in [0.3, 0.4) is 0 Å². The molecule has 5 nitrogen and oxygen atoms in total. The van der Waals surface area contributed by atoms with Crippen LogP contribution in [0.5, 0.6) is 5.75 Å². The molecule has 26 heavy (non-hydrogen) atoms. The lowest BCUT2D eigenvalue weighted by molar-refractivity contribution is 0.241. The number of ether oxygens (including phenoxy) is 1. The molecule has 0 aliphatic heterocycles. The van der Waals surface area contributed by atoms with Gasteiger partial charge in [-0.15, -0.1) is 0 Å². The Bertz CT molecular complexity index is 1090. The number of hydrogen-bond acceptors (Lipinski definition) is 5. The molecule has 2 heterocycles. The fourth-order valence-corrected chi connectivity index (χ4v) is 3.02. The molecular formula is C21H19N3O2. The summed E-state index contributed by atoms with van der Waals surface area (Å²) in [6.07, 6.45) is 0. The average molecular weight is 345 g/mol. The van der Waals surface area contributed by atoms with Crippen LogP contribution < -0.4 is 4.74 Å². The lowest BCUT2D eigenvalue weighted by Gasteiger charge is -2.07. The van der Waals surface area contributed by atoms with E-state index >= 15 is 0 Å². The molecule has 2 aromatic carbocycles. The van der Waals surface area contributed by atoms with Crippen molar-refractivity contribution in [1.29, 1.82) is 0 Å². The number of pyridine rings is 1. The highest BCUT2D eigenvalue weighted by atomic mass is 16.5. The van der Waals surface area contributed by atoms with Gasteiger partial charge in [0.05, 0.1) is 5.52 Å². The summed E-state index contributed by atoms with van der Waals surface area (Å²) in [5.74, 6) is 1.81. The summed E-state index contributed by atoms with van der Waals surface area (Å²) in [5.41, 5.74) is 5.03. The van der Waals surface area contributed by atoms with Crippen LogP contribution >= 0.6 is 0 Å². The van der Waals surface area contributed by atoms with Crippen molar-refractivity contribution in [1.82, 2.24) is 15.1 Å². The average Bonchev–Trinajstić information content (AvgIpc) is 3.09. The number of benzene rings is 2. The van der Waals surface area contributed by atoms with Crippen LogP contribution in [0, 0.1) is 20.8 Å². The van der Waals surface area contributed by atoms with Gasteiger partial charge in [0.2, 0.25) is 5.82 Å². The Balaban J connectivity index is 1.61. The van der Waals surface area contributed by atoms with Gasteiger partial charge in [-0.25, -0.2) is 0 Å². The fraction of sp³-hybridized carbons (Fsp3) is 0.190. The SMILES string of the molecule is Cc1ccc(OCc2nc(-c3cc(C)nc4ccccc34)no2)c(C)c1. The van der Waals surface area contributed by atoms with Gasteiger partial charge in [-0.05, 0) is 44.5 Å². The molecule has 2 aromatic heterocycles. The molecule has 0 amide bonds. The standard InChI is InChI=1S/C21H19N3O2/c1-13-8-9-19(14(2)10-13)25-12-20-23-21(24-26-20)17-11-15(3)22-18-7-5-4-6-16(17)18/h4-11H,12H2,1-3H3. The molecule has 0 spiro atoms. The van der Waals surface area contributed by atoms with E-state index in [9.17, 15) is 0 Å². The normalized spacial score (nSPS) is 11.0. The zero-order valence-corrected chi connectivity index (χ0v) is 15.0. The second-order valence-electron chi connectivity index (χ2n) is 6.40. The van der Waals surface area contributed by atoms with Gasteiger partial charge in [0.15, 0.2) is 6.61 Å². The molecule has 0 radical (unpaired) electrons. The zero-order chi connectivity index (χ0) is 18.1. The summed E-state index contributed by atoms with van der Waals surface area (Å²) in [7, 11) is 0. The summed E-state index contributed by atoms with van der Waals surface area (Å²) in [5, 5.41) is 5.13.